The average Bonchev–Trinajstić information content (AvgIpc) is 3.34. The number of fused-ring (bicyclic) bond motifs is 3. The summed E-state index contributed by atoms with van der Waals surface area (Å²) in [6.45, 7) is 0. The predicted octanol–water partition coefficient (Wildman–Crippen LogP) is 16.7. The predicted molar refractivity (Wildman–Crippen MR) is 269 cm³/mol. The standard InChI is InChI=1S/C62H44/c1-3-21-49(22-4-1)61(59-35-17-30-47-25-11-15-33-56(47)59)43-53-28-9-7-19-45(53)37-38-52-40-39-51-27-13-14-32-55(51)58(52)42-41-46-20-8-10-29-54(46)44-62(50-23-5-2-6-24-50)60-36-18-31-48-26-12-16-34-57(48)60/h1-44H. The maximum Gasteiger partial charge on any atom is -0.00990 e. The van der Waals surface area contributed by atoms with Crippen molar-refractivity contribution in [3.8, 4) is 0 Å². The second-order valence-electron chi connectivity index (χ2n) is 15.6. The van der Waals surface area contributed by atoms with Crippen LogP contribution < -0.4 is 0 Å². The Hall–Kier alpha value is -8.06. The van der Waals surface area contributed by atoms with Crippen LogP contribution in [-0.4, -0.2) is 0 Å². The van der Waals surface area contributed by atoms with E-state index in [0.717, 1.165) is 27.8 Å². The van der Waals surface area contributed by atoms with Crippen molar-refractivity contribution >= 4 is 79.9 Å². The van der Waals surface area contributed by atoms with Crippen LogP contribution in [0.25, 0.3) is 79.9 Å². The molecule has 0 aromatic heterocycles. The van der Waals surface area contributed by atoms with Gasteiger partial charge in [0.2, 0.25) is 0 Å². The van der Waals surface area contributed by atoms with E-state index in [1.807, 2.05) is 0 Å². The summed E-state index contributed by atoms with van der Waals surface area (Å²) in [5.74, 6) is 0. The molecule has 0 unspecified atom stereocenters. The highest BCUT2D eigenvalue weighted by Crippen LogP contribution is 2.35. The van der Waals surface area contributed by atoms with Gasteiger partial charge in [-0.15, -0.1) is 0 Å². The van der Waals surface area contributed by atoms with Gasteiger partial charge in [0.05, 0.1) is 0 Å². The van der Waals surface area contributed by atoms with Crippen molar-refractivity contribution in [1.29, 1.82) is 0 Å². The molecule has 0 saturated carbocycles. The van der Waals surface area contributed by atoms with E-state index < -0.39 is 0 Å². The first-order valence-corrected chi connectivity index (χ1v) is 21.3. The molecule has 0 atom stereocenters. The van der Waals surface area contributed by atoms with Crippen LogP contribution in [0.1, 0.15) is 55.6 Å². The molecular weight excluding hydrogens is 745 g/mol. The first kappa shape index (κ1) is 38.2. The minimum atomic E-state index is 1.15. The van der Waals surface area contributed by atoms with Crippen LogP contribution >= 0.6 is 0 Å². The van der Waals surface area contributed by atoms with Gasteiger partial charge in [-0.3, -0.25) is 0 Å². The van der Waals surface area contributed by atoms with E-state index in [4.69, 9.17) is 0 Å². The lowest BCUT2D eigenvalue weighted by Gasteiger charge is -2.14. The Balaban J connectivity index is 1.06. The minimum Gasteiger partial charge on any atom is -0.0622 e. The summed E-state index contributed by atoms with van der Waals surface area (Å²) >= 11 is 0. The van der Waals surface area contributed by atoms with E-state index in [2.05, 4.69) is 267 Å². The zero-order chi connectivity index (χ0) is 41.5. The summed E-state index contributed by atoms with van der Waals surface area (Å²) < 4.78 is 0. The molecule has 0 radical (unpaired) electrons. The molecule has 0 aliphatic rings. The zero-order valence-electron chi connectivity index (χ0n) is 34.4. The van der Waals surface area contributed by atoms with Crippen LogP contribution in [0.5, 0.6) is 0 Å². The summed E-state index contributed by atoms with van der Waals surface area (Å²) in [5.41, 5.74) is 14.2. The topological polar surface area (TPSA) is 0 Å². The SMILES string of the molecule is C(=Cc1ccc2ccccc2c1C=Cc1ccccc1C=C(c1ccccc1)c1cccc2ccccc12)c1ccccc1C=C(c1ccccc1)c1cccc2ccccc12. The van der Waals surface area contributed by atoms with Crippen molar-refractivity contribution in [1.82, 2.24) is 0 Å². The largest absolute Gasteiger partial charge is 0.0622 e. The van der Waals surface area contributed by atoms with E-state index >= 15 is 0 Å². The molecule has 292 valence electrons. The van der Waals surface area contributed by atoms with Crippen LogP contribution in [-0.2, 0) is 0 Å². The Labute approximate surface area is 364 Å². The summed E-state index contributed by atoms with van der Waals surface area (Å²) in [5, 5.41) is 7.38. The Morgan fingerprint density at radius 1 is 0.242 bits per heavy atom. The molecule has 62 heavy (non-hydrogen) atoms. The number of benzene rings is 10. The van der Waals surface area contributed by atoms with Crippen LogP contribution in [0.3, 0.4) is 0 Å². The van der Waals surface area contributed by atoms with Crippen molar-refractivity contribution in [2.24, 2.45) is 0 Å². The molecule has 0 spiro atoms. The molecule has 0 fully saturated rings. The van der Waals surface area contributed by atoms with Gasteiger partial charge in [-0.2, -0.15) is 0 Å². The smallest absolute Gasteiger partial charge is 0.00990 e. The van der Waals surface area contributed by atoms with Gasteiger partial charge < -0.3 is 0 Å². The van der Waals surface area contributed by atoms with E-state index in [-0.39, 0.29) is 0 Å². The fraction of sp³-hybridized carbons (Fsp3) is 0. The highest BCUT2D eigenvalue weighted by atomic mass is 14.2. The van der Waals surface area contributed by atoms with Crippen LogP contribution in [0.4, 0.5) is 0 Å². The lowest BCUT2D eigenvalue weighted by atomic mass is 9.90. The van der Waals surface area contributed by atoms with Crippen molar-refractivity contribution in [2.45, 2.75) is 0 Å². The number of rotatable bonds is 10. The van der Waals surface area contributed by atoms with E-state index in [9.17, 15) is 0 Å². The van der Waals surface area contributed by atoms with Gasteiger partial charge in [0.1, 0.15) is 0 Å². The van der Waals surface area contributed by atoms with Gasteiger partial charge in [-0.05, 0) is 111 Å². The van der Waals surface area contributed by atoms with Gasteiger partial charge in [-0.25, -0.2) is 0 Å². The van der Waals surface area contributed by atoms with Gasteiger partial charge in [0.25, 0.3) is 0 Å². The van der Waals surface area contributed by atoms with E-state index in [0.29, 0.717) is 0 Å². The molecule has 0 N–H and O–H groups in total. The first-order chi connectivity index (χ1) is 30.8. The fourth-order valence-electron chi connectivity index (χ4n) is 8.68. The monoisotopic (exact) mass is 788 g/mol. The third-order valence-corrected chi connectivity index (χ3v) is 11.8. The highest BCUT2D eigenvalue weighted by Gasteiger charge is 2.13. The second kappa shape index (κ2) is 17.7. The maximum atomic E-state index is 2.35. The Morgan fingerprint density at radius 2 is 0.613 bits per heavy atom. The van der Waals surface area contributed by atoms with Gasteiger partial charge in [0.15, 0.2) is 0 Å². The quantitative estimate of drug-likeness (QED) is 0.121. The second-order valence-corrected chi connectivity index (χ2v) is 15.6. The molecule has 0 heteroatoms. The molecule has 10 aromatic carbocycles. The van der Waals surface area contributed by atoms with Crippen molar-refractivity contribution in [3.63, 3.8) is 0 Å². The Bertz CT molecular complexity index is 3310. The molecule has 0 aliphatic carbocycles. The molecule has 0 amide bonds. The van der Waals surface area contributed by atoms with Crippen LogP contribution in [0.15, 0.2) is 231 Å². The molecule has 0 bridgehead atoms. The van der Waals surface area contributed by atoms with Crippen LogP contribution in [0.2, 0.25) is 0 Å². The normalized spacial score (nSPS) is 12.3. The summed E-state index contributed by atoms with van der Waals surface area (Å²) in [6, 6.07) is 82.6. The molecule has 0 saturated heterocycles. The van der Waals surface area contributed by atoms with Crippen molar-refractivity contribution in [2.75, 3.05) is 0 Å². The van der Waals surface area contributed by atoms with Crippen molar-refractivity contribution < 1.29 is 0 Å². The molecule has 10 aromatic rings. The summed E-state index contributed by atoms with van der Waals surface area (Å²) in [7, 11) is 0. The van der Waals surface area contributed by atoms with Gasteiger partial charge >= 0.3 is 0 Å². The third-order valence-electron chi connectivity index (χ3n) is 11.8. The highest BCUT2D eigenvalue weighted by molar-refractivity contribution is 6.05. The molecule has 10 rings (SSSR count). The lowest BCUT2D eigenvalue weighted by molar-refractivity contribution is 1.56. The maximum absolute atomic E-state index is 2.35. The molecule has 0 aliphatic heterocycles. The average molecular weight is 789 g/mol. The van der Waals surface area contributed by atoms with E-state index in [1.165, 1.54) is 71.3 Å². The summed E-state index contributed by atoms with van der Waals surface area (Å²) in [4.78, 5) is 0. The fourth-order valence-corrected chi connectivity index (χ4v) is 8.68. The van der Waals surface area contributed by atoms with E-state index in [1.54, 1.807) is 0 Å². The molecule has 0 nitrogen and oxygen atoms in total. The van der Waals surface area contributed by atoms with Gasteiger partial charge in [0, 0.05) is 0 Å². The lowest BCUT2D eigenvalue weighted by Crippen LogP contribution is -1.92. The first-order valence-electron chi connectivity index (χ1n) is 21.3. The van der Waals surface area contributed by atoms with Crippen molar-refractivity contribution in [3.05, 3.63) is 286 Å². The number of hydrogen-bond donors (Lipinski definition) is 0. The minimum absolute atomic E-state index is 1.15. The third kappa shape index (κ3) is 7.98. The van der Waals surface area contributed by atoms with Gasteiger partial charge in [-0.1, -0.05) is 255 Å². The summed E-state index contributed by atoms with van der Waals surface area (Å²) in [6.07, 6.45) is 13.8. The Morgan fingerprint density at radius 3 is 1.13 bits per heavy atom. The zero-order valence-corrected chi connectivity index (χ0v) is 34.4. The molecule has 0 heterocycles. The van der Waals surface area contributed by atoms with Crippen LogP contribution in [0, 0.1) is 0 Å². The number of hydrogen-bond acceptors (Lipinski definition) is 0. The Kier molecular flexibility index (Phi) is 10.9. The molecular formula is C62H44.